The smallest absolute Gasteiger partial charge is 0.352 e. The summed E-state index contributed by atoms with van der Waals surface area (Å²) in [5.74, 6) is -0.0995. The minimum atomic E-state index is -4.48. The molecule has 2 aromatic heterocycles. The maximum atomic E-state index is 13.3. The van der Waals surface area contributed by atoms with E-state index in [1.165, 1.54) is 12.3 Å². The van der Waals surface area contributed by atoms with Gasteiger partial charge in [0.2, 0.25) is 0 Å². The average molecular weight is 415 g/mol. The number of fused-ring (bicyclic) bond motifs is 1. The van der Waals surface area contributed by atoms with Crippen LogP contribution in [0.5, 0.6) is 0 Å². The van der Waals surface area contributed by atoms with Crippen LogP contribution in [0.4, 0.5) is 29.5 Å². The summed E-state index contributed by atoms with van der Waals surface area (Å²) in [5.41, 5.74) is 0.617. The molecule has 0 saturated carbocycles. The molecule has 1 aliphatic heterocycles. The minimum absolute atomic E-state index is 0.0995. The minimum Gasteiger partial charge on any atom is -0.352 e. The summed E-state index contributed by atoms with van der Waals surface area (Å²) in [7, 11) is 0. The number of aromatic nitrogens is 2. The van der Waals surface area contributed by atoms with Crippen molar-refractivity contribution in [3.63, 3.8) is 0 Å². The number of halogens is 3. The monoisotopic (exact) mass is 415 g/mol. The van der Waals surface area contributed by atoms with Crippen molar-refractivity contribution in [1.29, 1.82) is 0 Å². The van der Waals surface area contributed by atoms with E-state index in [1.54, 1.807) is 28.1 Å². The predicted octanol–water partition coefficient (Wildman–Crippen LogP) is 4.39. The fraction of sp³-hybridized carbons (Fsp3) is 0.286. The van der Waals surface area contributed by atoms with Crippen LogP contribution in [-0.2, 0) is 6.18 Å². The summed E-state index contributed by atoms with van der Waals surface area (Å²) in [6, 6.07) is 10.9. The predicted molar refractivity (Wildman–Crippen MR) is 108 cm³/mol. The molecule has 3 aromatic rings. The highest BCUT2D eigenvalue weighted by Crippen LogP contribution is 2.35. The van der Waals surface area contributed by atoms with E-state index in [2.05, 4.69) is 15.3 Å². The number of urea groups is 1. The van der Waals surface area contributed by atoms with E-state index >= 15 is 0 Å². The lowest BCUT2D eigenvalue weighted by Gasteiger charge is -2.40. The second kappa shape index (κ2) is 7.81. The van der Waals surface area contributed by atoms with Gasteiger partial charge in [-0.15, -0.1) is 0 Å². The van der Waals surface area contributed by atoms with Gasteiger partial charge in [0.1, 0.15) is 5.82 Å². The molecule has 0 bridgehead atoms. The second-order valence-corrected chi connectivity index (χ2v) is 7.20. The molecule has 9 heteroatoms. The topological polar surface area (TPSA) is 61.4 Å². The Morgan fingerprint density at radius 2 is 1.87 bits per heavy atom. The van der Waals surface area contributed by atoms with Crippen LogP contribution in [0.1, 0.15) is 12.5 Å². The van der Waals surface area contributed by atoms with Crippen LogP contribution in [-0.4, -0.2) is 46.6 Å². The maximum absolute atomic E-state index is 13.3. The van der Waals surface area contributed by atoms with Crippen LogP contribution in [0.25, 0.3) is 10.9 Å². The normalized spacial score (nSPS) is 17.3. The molecule has 1 aromatic carbocycles. The van der Waals surface area contributed by atoms with Gasteiger partial charge in [0.05, 0.1) is 11.1 Å². The zero-order valence-corrected chi connectivity index (χ0v) is 16.2. The Morgan fingerprint density at radius 1 is 1.10 bits per heavy atom. The number of nitrogens with one attached hydrogen (secondary N) is 1. The Bertz CT molecular complexity index is 1070. The number of carbonyl (C=O) groups excluding carboxylic acids is 1. The van der Waals surface area contributed by atoms with Crippen LogP contribution in [0.15, 0.2) is 54.9 Å². The first-order valence-electron chi connectivity index (χ1n) is 9.52. The molecule has 2 amide bonds. The van der Waals surface area contributed by atoms with E-state index in [0.29, 0.717) is 5.69 Å². The molecule has 1 saturated heterocycles. The first-order valence-corrected chi connectivity index (χ1v) is 9.52. The number of carbonyl (C=O) groups is 1. The van der Waals surface area contributed by atoms with Crippen molar-refractivity contribution in [3.05, 3.63) is 60.4 Å². The van der Waals surface area contributed by atoms with Gasteiger partial charge in [0.25, 0.3) is 0 Å². The number of anilines is 2. The molecule has 6 nitrogen and oxygen atoms in total. The maximum Gasteiger partial charge on any atom is 0.419 e. The van der Waals surface area contributed by atoms with Crippen molar-refractivity contribution < 1.29 is 18.0 Å². The number of alkyl halides is 3. The number of hydrogen-bond donors (Lipinski definition) is 1. The summed E-state index contributed by atoms with van der Waals surface area (Å²) in [4.78, 5) is 24.2. The molecular weight excluding hydrogens is 395 g/mol. The lowest BCUT2D eigenvalue weighted by Crippen LogP contribution is -2.55. The Balaban J connectivity index is 1.46. The van der Waals surface area contributed by atoms with Crippen LogP contribution < -0.4 is 10.2 Å². The molecule has 156 valence electrons. The molecule has 0 aliphatic carbocycles. The van der Waals surface area contributed by atoms with Crippen LogP contribution in [0.3, 0.4) is 0 Å². The summed E-state index contributed by atoms with van der Waals surface area (Å²) in [6.45, 7) is 2.61. The van der Waals surface area contributed by atoms with Crippen molar-refractivity contribution in [3.8, 4) is 0 Å². The van der Waals surface area contributed by atoms with Crippen molar-refractivity contribution in [2.45, 2.75) is 19.1 Å². The van der Waals surface area contributed by atoms with E-state index in [0.717, 1.165) is 17.0 Å². The van der Waals surface area contributed by atoms with Gasteiger partial charge in [0.15, 0.2) is 0 Å². The zero-order chi connectivity index (χ0) is 21.3. The van der Waals surface area contributed by atoms with E-state index in [1.807, 2.05) is 25.1 Å². The fourth-order valence-electron chi connectivity index (χ4n) is 3.66. The first-order chi connectivity index (χ1) is 14.3. The number of nitrogens with zero attached hydrogens (tertiary/aromatic N) is 4. The van der Waals surface area contributed by atoms with Crippen LogP contribution in [0, 0.1) is 0 Å². The molecule has 1 atom stereocenters. The van der Waals surface area contributed by atoms with E-state index in [4.69, 9.17) is 0 Å². The Morgan fingerprint density at radius 3 is 2.63 bits per heavy atom. The number of piperazine rings is 1. The lowest BCUT2D eigenvalue weighted by molar-refractivity contribution is -0.137. The quantitative estimate of drug-likeness (QED) is 0.674. The van der Waals surface area contributed by atoms with Gasteiger partial charge in [0, 0.05) is 49.1 Å². The van der Waals surface area contributed by atoms with Crippen molar-refractivity contribution in [2.24, 2.45) is 0 Å². The van der Waals surface area contributed by atoms with E-state index in [-0.39, 0.29) is 37.5 Å². The van der Waals surface area contributed by atoms with Gasteiger partial charge in [-0.2, -0.15) is 13.2 Å². The molecule has 4 rings (SSSR count). The van der Waals surface area contributed by atoms with Gasteiger partial charge in [-0.05, 0) is 37.3 Å². The fourth-order valence-corrected chi connectivity index (χ4v) is 3.66. The van der Waals surface area contributed by atoms with Gasteiger partial charge in [-0.3, -0.25) is 4.98 Å². The van der Waals surface area contributed by atoms with Crippen molar-refractivity contribution in [1.82, 2.24) is 14.9 Å². The van der Waals surface area contributed by atoms with Crippen LogP contribution in [0.2, 0.25) is 0 Å². The molecule has 0 radical (unpaired) electrons. The summed E-state index contributed by atoms with van der Waals surface area (Å²) < 4.78 is 39.9. The number of rotatable bonds is 2. The number of amides is 2. The molecular formula is C21H20F3N5O. The van der Waals surface area contributed by atoms with Gasteiger partial charge < -0.3 is 15.1 Å². The number of pyridine rings is 2. The highest BCUT2D eigenvalue weighted by Gasteiger charge is 2.37. The van der Waals surface area contributed by atoms with Crippen molar-refractivity contribution in [2.75, 3.05) is 29.9 Å². The van der Waals surface area contributed by atoms with Crippen LogP contribution >= 0.6 is 0 Å². The molecule has 0 spiro atoms. The SMILES string of the molecule is C[C@@H]1CN(c2ncccc2C(F)(F)F)CCN1C(=O)Nc1ccc2cccnc2c1. The summed E-state index contributed by atoms with van der Waals surface area (Å²) in [6.07, 6.45) is -1.45. The highest BCUT2D eigenvalue weighted by molar-refractivity contribution is 5.92. The van der Waals surface area contributed by atoms with Gasteiger partial charge in [-0.1, -0.05) is 12.1 Å². The average Bonchev–Trinajstić information content (AvgIpc) is 2.73. The summed E-state index contributed by atoms with van der Waals surface area (Å²) >= 11 is 0. The molecule has 3 heterocycles. The molecule has 1 fully saturated rings. The standard InChI is InChI=1S/C21H20F3N5O/c1-14-13-28(19-17(21(22,23)24)5-3-9-26-19)10-11-29(14)20(30)27-16-7-6-15-4-2-8-25-18(15)12-16/h2-9,12,14H,10-11,13H2,1H3,(H,27,30)/t14-/m1/s1. The van der Waals surface area contributed by atoms with Gasteiger partial charge >= 0.3 is 12.2 Å². The molecule has 30 heavy (non-hydrogen) atoms. The summed E-state index contributed by atoms with van der Waals surface area (Å²) in [5, 5.41) is 3.82. The zero-order valence-electron chi connectivity index (χ0n) is 16.2. The third kappa shape index (κ3) is 4.00. The first kappa shape index (κ1) is 19.9. The highest BCUT2D eigenvalue weighted by atomic mass is 19.4. The van der Waals surface area contributed by atoms with Gasteiger partial charge in [-0.25, -0.2) is 9.78 Å². The molecule has 0 unspecified atom stereocenters. The second-order valence-electron chi connectivity index (χ2n) is 7.20. The van der Waals surface area contributed by atoms with Crippen molar-refractivity contribution >= 4 is 28.4 Å². The van der Waals surface area contributed by atoms with E-state index in [9.17, 15) is 18.0 Å². The largest absolute Gasteiger partial charge is 0.419 e. The van der Waals surface area contributed by atoms with E-state index < -0.39 is 11.7 Å². The molecule has 1 N–H and O–H groups in total. The number of benzene rings is 1. The third-order valence-corrected chi connectivity index (χ3v) is 5.14. The Labute approximate surface area is 171 Å². The molecule has 1 aliphatic rings. The Kier molecular flexibility index (Phi) is 5.19. The number of hydrogen-bond acceptors (Lipinski definition) is 4. The lowest BCUT2D eigenvalue weighted by atomic mass is 10.1. The Hall–Kier alpha value is -3.36. The third-order valence-electron chi connectivity index (χ3n) is 5.14.